The van der Waals surface area contributed by atoms with Gasteiger partial charge in [0.25, 0.3) is 5.82 Å². The van der Waals surface area contributed by atoms with Gasteiger partial charge >= 0.3 is 0 Å². The molecule has 0 unspecified atom stereocenters. The van der Waals surface area contributed by atoms with E-state index in [0.29, 0.717) is 0 Å². The van der Waals surface area contributed by atoms with E-state index in [9.17, 15) is 0 Å². The van der Waals surface area contributed by atoms with Crippen molar-refractivity contribution in [1.29, 1.82) is 0 Å². The summed E-state index contributed by atoms with van der Waals surface area (Å²) in [7, 11) is 2.02. The van der Waals surface area contributed by atoms with E-state index in [0.717, 1.165) is 12.2 Å². The van der Waals surface area contributed by atoms with Crippen molar-refractivity contribution in [2.24, 2.45) is 7.05 Å². The summed E-state index contributed by atoms with van der Waals surface area (Å²) in [6.07, 6.45) is 5.10. The lowest BCUT2D eigenvalue weighted by molar-refractivity contribution is -0.681. The van der Waals surface area contributed by atoms with Crippen LogP contribution in [0.3, 0.4) is 0 Å². The second-order valence-electron chi connectivity index (χ2n) is 2.47. The first-order chi connectivity index (χ1) is 4.74. The topological polar surface area (TPSA) is 16.8 Å². The summed E-state index contributed by atoms with van der Waals surface area (Å²) in [6, 6.07) is 0. The molecule has 2 heteroatoms. The van der Waals surface area contributed by atoms with Gasteiger partial charge in [-0.2, -0.15) is 0 Å². The van der Waals surface area contributed by atoms with Crippen LogP contribution in [-0.2, 0) is 13.5 Å². The highest BCUT2D eigenvalue weighted by Gasteiger charge is 2.01. The van der Waals surface area contributed by atoms with Gasteiger partial charge in [0.2, 0.25) is 0 Å². The Morgan fingerprint density at radius 3 is 2.80 bits per heavy atom. The van der Waals surface area contributed by atoms with Gasteiger partial charge in [-0.25, -0.2) is 4.57 Å². The molecule has 1 rings (SSSR count). The maximum atomic E-state index is 4.21. The van der Waals surface area contributed by atoms with Gasteiger partial charge in [0.05, 0.1) is 13.2 Å². The van der Waals surface area contributed by atoms with E-state index in [-0.39, 0.29) is 0 Å². The lowest BCUT2D eigenvalue weighted by Gasteiger charge is -1.94. The average molecular weight is 137 g/mol. The Bertz CT molecular complexity index is 231. The minimum Gasteiger partial charge on any atom is -0.237 e. The van der Waals surface area contributed by atoms with E-state index in [1.807, 2.05) is 24.7 Å². The van der Waals surface area contributed by atoms with Gasteiger partial charge in [-0.05, 0) is 6.42 Å². The second kappa shape index (κ2) is 2.78. The molecular formula is C8H13N2+. The summed E-state index contributed by atoms with van der Waals surface area (Å²) >= 11 is 0. The van der Waals surface area contributed by atoms with Crippen LogP contribution in [0.2, 0.25) is 0 Å². The molecule has 54 valence electrons. The van der Waals surface area contributed by atoms with Crippen LogP contribution in [0.25, 0.3) is 0 Å². The first-order valence-corrected chi connectivity index (χ1v) is 3.55. The van der Waals surface area contributed by atoms with Crippen LogP contribution in [0.15, 0.2) is 12.4 Å². The highest BCUT2D eigenvalue weighted by Crippen LogP contribution is 1.92. The summed E-state index contributed by atoms with van der Waals surface area (Å²) in [5, 5.41) is 0. The van der Waals surface area contributed by atoms with E-state index in [1.165, 1.54) is 5.56 Å². The molecule has 1 heterocycles. The number of hydrogen-bond acceptors (Lipinski definition) is 1. The summed E-state index contributed by atoms with van der Waals surface area (Å²) in [5.41, 5.74) is 1.29. The minimum absolute atomic E-state index is 1.05. The molecule has 0 saturated heterocycles. The SMILES string of the molecule is CCc1cnc(C)[n+](C)c1. The third kappa shape index (κ3) is 1.32. The molecule has 10 heavy (non-hydrogen) atoms. The summed E-state index contributed by atoms with van der Waals surface area (Å²) < 4.78 is 2.04. The lowest BCUT2D eigenvalue weighted by Crippen LogP contribution is -2.33. The second-order valence-corrected chi connectivity index (χ2v) is 2.47. The summed E-state index contributed by atoms with van der Waals surface area (Å²) in [5.74, 6) is 1.05. The van der Waals surface area contributed by atoms with Crippen LogP contribution in [0, 0.1) is 6.92 Å². The maximum Gasteiger partial charge on any atom is 0.294 e. The number of rotatable bonds is 1. The molecule has 0 aliphatic heterocycles. The highest BCUT2D eigenvalue weighted by molar-refractivity contribution is 4.99. The summed E-state index contributed by atoms with van der Waals surface area (Å²) in [4.78, 5) is 4.21. The molecule has 0 N–H and O–H groups in total. The van der Waals surface area contributed by atoms with Gasteiger partial charge in [0.15, 0.2) is 0 Å². The minimum atomic E-state index is 1.05. The smallest absolute Gasteiger partial charge is 0.237 e. The molecule has 0 atom stereocenters. The van der Waals surface area contributed by atoms with Crippen LogP contribution < -0.4 is 4.57 Å². The first kappa shape index (κ1) is 7.19. The Kier molecular flexibility index (Phi) is 2.00. The van der Waals surface area contributed by atoms with E-state index in [4.69, 9.17) is 0 Å². The predicted molar refractivity (Wildman–Crippen MR) is 39.5 cm³/mol. The zero-order valence-corrected chi connectivity index (χ0v) is 6.76. The van der Waals surface area contributed by atoms with Crippen molar-refractivity contribution >= 4 is 0 Å². The monoisotopic (exact) mass is 137 g/mol. The quantitative estimate of drug-likeness (QED) is 0.523. The zero-order valence-electron chi connectivity index (χ0n) is 6.76. The van der Waals surface area contributed by atoms with Crippen molar-refractivity contribution in [2.75, 3.05) is 0 Å². The third-order valence-electron chi connectivity index (χ3n) is 1.70. The zero-order chi connectivity index (χ0) is 7.56. The van der Waals surface area contributed by atoms with Crippen molar-refractivity contribution in [3.8, 4) is 0 Å². The Hall–Kier alpha value is -0.920. The number of hydrogen-bond donors (Lipinski definition) is 0. The number of aryl methyl sites for hydroxylation is 3. The van der Waals surface area contributed by atoms with Crippen LogP contribution >= 0.6 is 0 Å². The predicted octanol–water partition coefficient (Wildman–Crippen LogP) is 0.777. The van der Waals surface area contributed by atoms with E-state index < -0.39 is 0 Å². The fourth-order valence-corrected chi connectivity index (χ4v) is 0.825. The summed E-state index contributed by atoms with van der Waals surface area (Å²) in [6.45, 7) is 4.13. The molecule has 1 aromatic rings. The standard InChI is InChI=1S/C8H13N2/c1-4-8-5-9-7(2)10(3)6-8/h5-6H,4H2,1-3H3/q+1. The third-order valence-corrected chi connectivity index (χ3v) is 1.70. The molecule has 0 radical (unpaired) electrons. The molecule has 0 bridgehead atoms. The molecule has 2 nitrogen and oxygen atoms in total. The largest absolute Gasteiger partial charge is 0.294 e. The Morgan fingerprint density at radius 2 is 2.30 bits per heavy atom. The van der Waals surface area contributed by atoms with Crippen LogP contribution in [0.5, 0.6) is 0 Å². The van der Waals surface area contributed by atoms with Crippen LogP contribution in [0.4, 0.5) is 0 Å². The number of nitrogens with zero attached hydrogens (tertiary/aromatic N) is 2. The van der Waals surface area contributed by atoms with Crippen molar-refractivity contribution in [1.82, 2.24) is 4.98 Å². The first-order valence-electron chi connectivity index (χ1n) is 3.55. The molecule has 0 aliphatic rings. The Morgan fingerprint density at radius 1 is 1.60 bits per heavy atom. The van der Waals surface area contributed by atoms with E-state index >= 15 is 0 Å². The Labute approximate surface area is 61.5 Å². The van der Waals surface area contributed by atoms with Gasteiger partial charge in [-0.1, -0.05) is 11.9 Å². The Balaban J connectivity index is 3.04. The highest BCUT2D eigenvalue weighted by atomic mass is 15.0. The average Bonchev–Trinajstić information content (AvgIpc) is 1.95. The fourth-order valence-electron chi connectivity index (χ4n) is 0.825. The molecule has 0 amide bonds. The van der Waals surface area contributed by atoms with Gasteiger partial charge in [0, 0.05) is 12.5 Å². The van der Waals surface area contributed by atoms with Gasteiger partial charge < -0.3 is 0 Å². The molecular weight excluding hydrogens is 124 g/mol. The van der Waals surface area contributed by atoms with Crippen LogP contribution in [-0.4, -0.2) is 4.98 Å². The van der Waals surface area contributed by atoms with E-state index in [1.54, 1.807) is 0 Å². The normalized spacial score (nSPS) is 9.90. The molecule has 0 aromatic carbocycles. The van der Waals surface area contributed by atoms with Gasteiger partial charge in [0.1, 0.15) is 6.20 Å². The molecule has 0 aliphatic carbocycles. The van der Waals surface area contributed by atoms with Gasteiger partial charge in [-0.3, -0.25) is 0 Å². The number of aromatic nitrogens is 2. The van der Waals surface area contributed by atoms with Gasteiger partial charge in [-0.15, -0.1) is 0 Å². The lowest BCUT2D eigenvalue weighted by atomic mass is 10.3. The van der Waals surface area contributed by atoms with E-state index in [2.05, 4.69) is 18.1 Å². The van der Waals surface area contributed by atoms with Crippen molar-refractivity contribution in [3.05, 3.63) is 23.8 Å². The fraction of sp³-hybridized carbons (Fsp3) is 0.500. The maximum absolute atomic E-state index is 4.21. The molecule has 0 spiro atoms. The van der Waals surface area contributed by atoms with Crippen molar-refractivity contribution in [3.63, 3.8) is 0 Å². The molecule has 0 fully saturated rings. The molecule has 0 saturated carbocycles. The van der Waals surface area contributed by atoms with Crippen LogP contribution in [0.1, 0.15) is 18.3 Å². The van der Waals surface area contributed by atoms with Crippen molar-refractivity contribution in [2.45, 2.75) is 20.3 Å². The van der Waals surface area contributed by atoms with Crippen molar-refractivity contribution < 1.29 is 4.57 Å². The molecule has 1 aromatic heterocycles.